The molecule has 3 aliphatic heterocycles. The first-order chi connectivity index (χ1) is 11.8. The molecule has 0 aromatic heterocycles. The molecular formula is C20H20NO4-. The molecule has 2 fully saturated rings. The van der Waals surface area contributed by atoms with Gasteiger partial charge in [-0.25, -0.2) is 0 Å². The van der Waals surface area contributed by atoms with Crippen molar-refractivity contribution in [2.75, 3.05) is 4.90 Å². The Hall–Kier alpha value is -2.40. The smallest absolute Gasteiger partial charge is 0.234 e. The highest BCUT2D eigenvalue weighted by Crippen LogP contribution is 2.56. The number of fused-ring (bicyclic) bond motifs is 1. The van der Waals surface area contributed by atoms with Crippen LogP contribution in [0.1, 0.15) is 18.9 Å². The number of carboxylic acids is 1. The van der Waals surface area contributed by atoms with Gasteiger partial charge in [0.1, 0.15) is 5.60 Å². The Morgan fingerprint density at radius 1 is 1.36 bits per heavy atom. The molecule has 2 saturated heterocycles. The van der Waals surface area contributed by atoms with E-state index in [0.717, 1.165) is 16.8 Å². The van der Waals surface area contributed by atoms with E-state index in [2.05, 4.69) is 6.58 Å². The van der Waals surface area contributed by atoms with Gasteiger partial charge >= 0.3 is 0 Å². The molecule has 0 N–H and O–H groups in total. The van der Waals surface area contributed by atoms with Gasteiger partial charge in [0.25, 0.3) is 0 Å². The summed E-state index contributed by atoms with van der Waals surface area (Å²) in [5, 5.41) is 11.7. The van der Waals surface area contributed by atoms with Crippen LogP contribution in [0.2, 0.25) is 0 Å². The van der Waals surface area contributed by atoms with Crippen molar-refractivity contribution in [1.29, 1.82) is 0 Å². The summed E-state index contributed by atoms with van der Waals surface area (Å²) in [5.41, 5.74) is 1.84. The van der Waals surface area contributed by atoms with E-state index in [4.69, 9.17) is 4.74 Å². The van der Waals surface area contributed by atoms with Crippen molar-refractivity contribution in [3.05, 3.63) is 54.1 Å². The van der Waals surface area contributed by atoms with Crippen LogP contribution in [-0.2, 0) is 14.3 Å². The van der Waals surface area contributed by atoms with E-state index < -0.39 is 29.5 Å². The number of aryl methyl sites for hydroxylation is 1. The van der Waals surface area contributed by atoms with Gasteiger partial charge < -0.3 is 19.5 Å². The number of amides is 1. The van der Waals surface area contributed by atoms with Crippen LogP contribution in [0.4, 0.5) is 5.69 Å². The molecule has 5 heteroatoms. The maximum atomic E-state index is 13.3. The van der Waals surface area contributed by atoms with Crippen LogP contribution in [0, 0.1) is 18.8 Å². The molecule has 1 spiro atoms. The Bertz CT molecular complexity index is 796. The first kappa shape index (κ1) is 16.1. The molecule has 0 unspecified atom stereocenters. The molecular weight excluding hydrogens is 318 g/mol. The first-order valence-corrected chi connectivity index (χ1v) is 8.47. The van der Waals surface area contributed by atoms with Crippen LogP contribution in [0.25, 0.3) is 0 Å². The summed E-state index contributed by atoms with van der Waals surface area (Å²) >= 11 is 0. The molecule has 0 radical (unpaired) electrons. The van der Waals surface area contributed by atoms with E-state index in [0.29, 0.717) is 6.42 Å². The summed E-state index contributed by atoms with van der Waals surface area (Å²) in [6.45, 7) is 7.87. The molecule has 5 atom stereocenters. The van der Waals surface area contributed by atoms with Crippen molar-refractivity contribution < 1.29 is 19.4 Å². The van der Waals surface area contributed by atoms with Crippen LogP contribution in [0.5, 0.6) is 0 Å². The van der Waals surface area contributed by atoms with E-state index in [9.17, 15) is 14.7 Å². The van der Waals surface area contributed by atoms with E-state index >= 15 is 0 Å². The zero-order valence-electron chi connectivity index (χ0n) is 14.3. The summed E-state index contributed by atoms with van der Waals surface area (Å²) in [5.74, 6) is -3.13. The molecule has 1 amide bonds. The Morgan fingerprint density at radius 3 is 2.64 bits per heavy atom. The van der Waals surface area contributed by atoms with Gasteiger partial charge in [-0.05, 0) is 32.4 Å². The molecule has 3 heterocycles. The summed E-state index contributed by atoms with van der Waals surface area (Å²) in [7, 11) is 0. The number of nitrogens with zero attached hydrogens (tertiary/aromatic N) is 1. The lowest BCUT2D eigenvalue weighted by molar-refractivity contribution is -0.313. The first-order valence-electron chi connectivity index (χ1n) is 8.47. The third-order valence-corrected chi connectivity index (χ3v) is 5.55. The van der Waals surface area contributed by atoms with E-state index in [1.54, 1.807) is 11.0 Å². The van der Waals surface area contributed by atoms with Crippen molar-refractivity contribution in [3.8, 4) is 0 Å². The summed E-state index contributed by atoms with van der Waals surface area (Å²) in [6.07, 6.45) is 3.59. The third kappa shape index (κ3) is 2.12. The Kier molecular flexibility index (Phi) is 3.41. The van der Waals surface area contributed by atoms with Gasteiger partial charge in [0, 0.05) is 17.6 Å². The SMILES string of the molecule is C=C(C)C[C@@H]1N(c2ccc(C)cc2)C(=O)[C@H]2[C@H](C(=O)[O-])[C@@H]3C=C[C@]12O3. The number of benzene rings is 1. The fraction of sp³-hybridized carbons (Fsp3) is 0.400. The molecule has 0 saturated carbocycles. The summed E-state index contributed by atoms with van der Waals surface area (Å²) in [6, 6.07) is 7.35. The topological polar surface area (TPSA) is 69.7 Å². The van der Waals surface area contributed by atoms with Gasteiger partial charge in [-0.15, -0.1) is 6.58 Å². The minimum Gasteiger partial charge on any atom is -0.550 e. The minimum absolute atomic E-state index is 0.212. The Balaban J connectivity index is 1.84. The molecule has 25 heavy (non-hydrogen) atoms. The van der Waals surface area contributed by atoms with Crippen molar-refractivity contribution >= 4 is 17.6 Å². The number of ether oxygens (including phenoxy) is 1. The van der Waals surface area contributed by atoms with Crippen molar-refractivity contribution in [3.63, 3.8) is 0 Å². The van der Waals surface area contributed by atoms with Gasteiger partial charge in [-0.3, -0.25) is 4.79 Å². The van der Waals surface area contributed by atoms with Gasteiger partial charge in [0.2, 0.25) is 5.91 Å². The summed E-state index contributed by atoms with van der Waals surface area (Å²) in [4.78, 5) is 26.6. The predicted molar refractivity (Wildman–Crippen MR) is 90.6 cm³/mol. The second-order valence-electron chi connectivity index (χ2n) is 7.34. The maximum absolute atomic E-state index is 13.3. The number of carbonyl (C=O) groups is 2. The van der Waals surface area contributed by atoms with Gasteiger partial charge in [-0.1, -0.05) is 35.4 Å². The van der Waals surface area contributed by atoms with Crippen LogP contribution >= 0.6 is 0 Å². The minimum atomic E-state index is -1.23. The molecule has 1 aromatic carbocycles. The molecule has 5 nitrogen and oxygen atoms in total. The van der Waals surface area contributed by atoms with E-state index in [1.165, 1.54) is 0 Å². The lowest BCUT2D eigenvalue weighted by Crippen LogP contribution is -2.46. The van der Waals surface area contributed by atoms with Gasteiger partial charge in [-0.2, -0.15) is 0 Å². The number of rotatable bonds is 4. The third-order valence-electron chi connectivity index (χ3n) is 5.55. The second-order valence-corrected chi connectivity index (χ2v) is 7.34. The zero-order valence-corrected chi connectivity index (χ0v) is 14.3. The van der Waals surface area contributed by atoms with Crippen LogP contribution in [0.15, 0.2) is 48.6 Å². The van der Waals surface area contributed by atoms with Crippen LogP contribution in [-0.4, -0.2) is 29.6 Å². The number of carboxylic acid groups (broad SMARTS) is 1. The quantitative estimate of drug-likeness (QED) is 0.778. The standard InChI is InChI=1S/C20H21NO4/c1-11(2)10-15-20-9-8-14(25-20)16(19(23)24)17(20)18(22)21(15)13-6-4-12(3)5-7-13/h4-9,14-17H,1,10H2,2-3H3,(H,23,24)/p-1/t14-,15-,16+,17+,20-/m0/s1. The summed E-state index contributed by atoms with van der Waals surface area (Å²) < 4.78 is 6.08. The fourth-order valence-electron chi connectivity index (χ4n) is 4.51. The van der Waals surface area contributed by atoms with Gasteiger partial charge in [0.05, 0.1) is 18.1 Å². The average molecular weight is 338 g/mol. The zero-order chi connectivity index (χ0) is 17.9. The number of hydrogen-bond acceptors (Lipinski definition) is 4. The van der Waals surface area contributed by atoms with Gasteiger partial charge in [0.15, 0.2) is 0 Å². The number of hydrogen-bond donors (Lipinski definition) is 0. The molecule has 2 bridgehead atoms. The highest BCUT2D eigenvalue weighted by molar-refractivity contribution is 6.03. The number of carbonyl (C=O) groups excluding carboxylic acids is 2. The molecule has 130 valence electrons. The second kappa shape index (κ2) is 5.30. The lowest BCUT2D eigenvalue weighted by atomic mass is 9.74. The molecule has 4 rings (SSSR count). The number of aliphatic carboxylic acids is 1. The van der Waals surface area contributed by atoms with Crippen molar-refractivity contribution in [1.82, 2.24) is 0 Å². The predicted octanol–water partition coefficient (Wildman–Crippen LogP) is 1.37. The van der Waals surface area contributed by atoms with Crippen LogP contribution in [0.3, 0.4) is 0 Å². The molecule has 3 aliphatic rings. The van der Waals surface area contributed by atoms with Crippen molar-refractivity contribution in [2.24, 2.45) is 11.8 Å². The monoisotopic (exact) mass is 338 g/mol. The van der Waals surface area contributed by atoms with Crippen molar-refractivity contribution in [2.45, 2.75) is 38.0 Å². The largest absolute Gasteiger partial charge is 0.550 e. The Labute approximate surface area is 146 Å². The highest BCUT2D eigenvalue weighted by atomic mass is 16.5. The maximum Gasteiger partial charge on any atom is 0.234 e. The normalized spacial score (nSPS) is 35.3. The molecule has 0 aliphatic carbocycles. The highest BCUT2D eigenvalue weighted by Gasteiger charge is 2.69. The average Bonchev–Trinajstić information content (AvgIpc) is 3.18. The molecule has 1 aromatic rings. The fourth-order valence-corrected chi connectivity index (χ4v) is 4.51. The van der Waals surface area contributed by atoms with E-state index in [1.807, 2.05) is 44.2 Å². The van der Waals surface area contributed by atoms with E-state index in [-0.39, 0.29) is 11.9 Å². The lowest BCUT2D eigenvalue weighted by Gasteiger charge is -2.33. The van der Waals surface area contributed by atoms with Crippen LogP contribution < -0.4 is 10.0 Å². The number of anilines is 1. The Morgan fingerprint density at radius 2 is 2.04 bits per heavy atom.